The maximum atomic E-state index is 10.6. The van der Waals surface area contributed by atoms with E-state index in [1.807, 2.05) is 17.9 Å². The highest BCUT2D eigenvalue weighted by Crippen LogP contribution is 2.27. The molecule has 0 spiro atoms. The molecule has 0 radical (unpaired) electrons. The zero-order valence-corrected chi connectivity index (χ0v) is 19.9. The quantitative estimate of drug-likeness (QED) is 0.569. The lowest BCUT2D eigenvalue weighted by molar-refractivity contribution is -0.193. The van der Waals surface area contributed by atoms with Gasteiger partial charge in [-0.3, -0.25) is 9.58 Å². The predicted molar refractivity (Wildman–Crippen MR) is 115 cm³/mol. The second-order valence-corrected chi connectivity index (χ2v) is 8.60. The van der Waals surface area contributed by atoms with Gasteiger partial charge in [-0.25, -0.2) is 9.59 Å². The fraction of sp³-hybridized carbons (Fsp3) is 0.550. The first-order valence-corrected chi connectivity index (χ1v) is 11.0. The second kappa shape index (κ2) is 12.9. The van der Waals surface area contributed by atoms with Crippen LogP contribution in [0.25, 0.3) is 0 Å². The first kappa shape index (κ1) is 30.4. The molecule has 0 unspecified atom stereocenters. The highest BCUT2D eigenvalue weighted by atomic mass is 32.1. The molecule has 8 nitrogen and oxygen atoms in total. The molecule has 3 heterocycles. The number of alkyl halides is 6. The minimum atomic E-state index is -5.08. The van der Waals surface area contributed by atoms with Crippen molar-refractivity contribution >= 4 is 23.3 Å². The van der Waals surface area contributed by atoms with Crippen LogP contribution in [-0.2, 0) is 29.6 Å². The normalized spacial score (nSPS) is 18.5. The molecular weight excluding hydrogens is 506 g/mol. The topological polar surface area (TPSA) is 98.9 Å². The third-order valence-electron chi connectivity index (χ3n) is 4.94. The summed E-state index contributed by atoms with van der Waals surface area (Å²) < 4.78 is 65.4. The van der Waals surface area contributed by atoms with Crippen molar-refractivity contribution in [3.8, 4) is 0 Å². The van der Waals surface area contributed by atoms with Crippen LogP contribution in [0.4, 0.5) is 26.3 Å². The van der Waals surface area contributed by atoms with Crippen molar-refractivity contribution < 1.29 is 46.1 Å². The lowest BCUT2D eigenvalue weighted by atomic mass is 10.0. The highest BCUT2D eigenvalue weighted by molar-refractivity contribution is 7.07. The zero-order chi connectivity index (χ0) is 27.0. The predicted octanol–water partition coefficient (Wildman–Crippen LogP) is 3.50. The lowest BCUT2D eigenvalue weighted by Crippen LogP contribution is -2.43. The van der Waals surface area contributed by atoms with E-state index in [-0.39, 0.29) is 0 Å². The van der Waals surface area contributed by atoms with Gasteiger partial charge in [0, 0.05) is 38.4 Å². The molecule has 0 bridgehead atoms. The first-order valence-electron chi connectivity index (χ1n) is 10.0. The number of aliphatic carboxylic acids is 2. The summed E-state index contributed by atoms with van der Waals surface area (Å²) >= 11 is 1.79. The van der Waals surface area contributed by atoms with Gasteiger partial charge in [0.1, 0.15) is 0 Å². The average molecular weight is 533 g/mol. The number of carboxylic acid groups (broad SMARTS) is 2. The summed E-state index contributed by atoms with van der Waals surface area (Å²) in [5.41, 5.74) is 2.78. The van der Waals surface area contributed by atoms with Crippen molar-refractivity contribution in [3.05, 3.63) is 40.3 Å². The Morgan fingerprint density at radius 1 is 1.11 bits per heavy atom. The van der Waals surface area contributed by atoms with Crippen molar-refractivity contribution in [3.63, 3.8) is 0 Å². The number of thiophene rings is 1. The number of aryl methyl sites for hydroxylation is 1. The van der Waals surface area contributed by atoms with E-state index in [0.29, 0.717) is 12.1 Å². The number of hydrogen-bond acceptors (Lipinski definition) is 6. The minimum Gasteiger partial charge on any atom is -0.475 e. The van der Waals surface area contributed by atoms with Crippen LogP contribution >= 0.6 is 11.3 Å². The van der Waals surface area contributed by atoms with Crippen LogP contribution in [0.5, 0.6) is 0 Å². The van der Waals surface area contributed by atoms with Crippen LogP contribution in [0.15, 0.2) is 29.2 Å². The van der Waals surface area contributed by atoms with E-state index in [4.69, 9.17) is 19.8 Å². The first-order chi connectivity index (χ1) is 16.0. The molecule has 15 heteroatoms. The molecule has 2 atom stereocenters. The molecule has 1 fully saturated rings. The Balaban J connectivity index is 0.000000362. The van der Waals surface area contributed by atoms with Crippen molar-refractivity contribution in [2.75, 3.05) is 20.6 Å². The number of aromatic nitrogens is 2. The van der Waals surface area contributed by atoms with Gasteiger partial charge in [0.2, 0.25) is 0 Å². The Labute approximate surface area is 201 Å². The van der Waals surface area contributed by atoms with Crippen molar-refractivity contribution in [2.45, 2.75) is 43.8 Å². The number of halogens is 6. The molecule has 1 aliphatic heterocycles. The molecule has 35 heavy (non-hydrogen) atoms. The smallest absolute Gasteiger partial charge is 0.475 e. The van der Waals surface area contributed by atoms with Crippen LogP contribution in [0, 0.1) is 0 Å². The molecule has 2 aromatic heterocycles. The van der Waals surface area contributed by atoms with Gasteiger partial charge in [-0.15, -0.1) is 0 Å². The monoisotopic (exact) mass is 532 g/mol. The number of carboxylic acids is 2. The molecule has 1 aliphatic rings. The van der Waals surface area contributed by atoms with Gasteiger partial charge in [0.05, 0.1) is 6.20 Å². The van der Waals surface area contributed by atoms with E-state index in [0.717, 1.165) is 13.0 Å². The summed E-state index contributed by atoms with van der Waals surface area (Å²) in [4.78, 5) is 22.8. The van der Waals surface area contributed by atoms with E-state index in [9.17, 15) is 26.3 Å². The van der Waals surface area contributed by atoms with Crippen LogP contribution in [0.1, 0.15) is 17.5 Å². The summed E-state index contributed by atoms with van der Waals surface area (Å²) in [5.74, 6) is -5.51. The van der Waals surface area contributed by atoms with Gasteiger partial charge >= 0.3 is 24.3 Å². The van der Waals surface area contributed by atoms with Crippen LogP contribution in [0.2, 0.25) is 0 Å². The lowest BCUT2D eigenvalue weighted by Gasteiger charge is -2.31. The Hall–Kier alpha value is -2.65. The molecule has 2 aromatic rings. The van der Waals surface area contributed by atoms with Gasteiger partial charge in [-0.2, -0.15) is 42.8 Å². The van der Waals surface area contributed by atoms with E-state index < -0.39 is 24.3 Å². The number of likely N-dealkylation sites (N-methyl/N-ethyl adjacent to an activating group) is 1. The highest BCUT2D eigenvalue weighted by Gasteiger charge is 2.39. The maximum absolute atomic E-state index is 10.6. The van der Waals surface area contributed by atoms with E-state index in [1.54, 1.807) is 11.3 Å². The van der Waals surface area contributed by atoms with E-state index in [2.05, 4.69) is 52.0 Å². The molecule has 1 saturated heterocycles. The number of carbonyl (C=O) groups is 2. The fourth-order valence-electron chi connectivity index (χ4n) is 3.40. The van der Waals surface area contributed by atoms with Crippen molar-refractivity contribution in [1.29, 1.82) is 0 Å². The van der Waals surface area contributed by atoms with Crippen LogP contribution < -0.4 is 0 Å². The van der Waals surface area contributed by atoms with Crippen molar-refractivity contribution in [1.82, 2.24) is 19.6 Å². The van der Waals surface area contributed by atoms with Crippen LogP contribution in [-0.4, -0.2) is 86.8 Å². The number of likely N-dealkylation sites (tertiary alicyclic amines) is 1. The largest absolute Gasteiger partial charge is 0.490 e. The van der Waals surface area contributed by atoms with E-state index in [1.165, 1.54) is 24.1 Å². The van der Waals surface area contributed by atoms with Gasteiger partial charge in [0.25, 0.3) is 0 Å². The molecule has 0 aliphatic carbocycles. The van der Waals surface area contributed by atoms with Gasteiger partial charge < -0.3 is 15.1 Å². The summed E-state index contributed by atoms with van der Waals surface area (Å²) in [6, 6.07) is 3.45. The maximum Gasteiger partial charge on any atom is 0.490 e. The third-order valence-corrected chi connectivity index (χ3v) is 5.67. The van der Waals surface area contributed by atoms with Gasteiger partial charge in [-0.05, 0) is 54.9 Å². The Kier molecular flexibility index (Phi) is 11.2. The fourth-order valence-corrected chi connectivity index (χ4v) is 4.06. The standard InChI is InChI=1S/C16H24N4S.2C2HF3O2/c1-18(2)15-4-6-20(11-13-5-7-21-12-13)16(15)8-14-9-17-19(3)10-14;2*3-2(4,5)1(6)7/h5,7,9-10,12,15-16H,4,6,8,11H2,1-3H3;2*(H,6,7)/t15-,16+;;/m1../s1. The Bertz CT molecular complexity index is 907. The summed E-state index contributed by atoms with van der Waals surface area (Å²) in [7, 11) is 6.40. The average Bonchev–Trinajstić information content (AvgIpc) is 3.45. The van der Waals surface area contributed by atoms with Crippen LogP contribution in [0.3, 0.4) is 0 Å². The zero-order valence-electron chi connectivity index (χ0n) is 19.0. The van der Waals surface area contributed by atoms with Crippen molar-refractivity contribution in [2.24, 2.45) is 7.05 Å². The summed E-state index contributed by atoms with van der Waals surface area (Å²) in [6.07, 6.45) is -3.68. The molecule has 0 saturated carbocycles. The van der Waals surface area contributed by atoms with E-state index >= 15 is 0 Å². The summed E-state index contributed by atoms with van der Waals surface area (Å²) in [6.45, 7) is 2.25. The molecule has 3 rings (SSSR count). The number of hydrogen-bond donors (Lipinski definition) is 2. The Morgan fingerprint density at radius 2 is 1.66 bits per heavy atom. The third kappa shape index (κ3) is 10.7. The molecular formula is C20H26F6N4O4S. The Morgan fingerprint density at radius 3 is 2.03 bits per heavy atom. The van der Waals surface area contributed by atoms with Gasteiger partial charge in [0.15, 0.2) is 0 Å². The summed E-state index contributed by atoms with van der Waals surface area (Å²) in [5, 5.41) is 23.0. The number of nitrogens with zero attached hydrogens (tertiary/aromatic N) is 4. The molecule has 2 N–H and O–H groups in total. The second-order valence-electron chi connectivity index (χ2n) is 7.82. The minimum absolute atomic E-state index is 0.573. The molecule has 198 valence electrons. The number of rotatable bonds is 5. The SMILES string of the molecule is CN(C)[C@@H]1CCN(Cc2ccsc2)[C@H]1Cc1cnn(C)c1.O=C(O)C(F)(F)F.O=C(O)C(F)(F)F. The molecule has 0 amide bonds. The van der Waals surface area contributed by atoms with Gasteiger partial charge in [-0.1, -0.05) is 0 Å². The molecule has 0 aromatic carbocycles.